The molecule has 1 aliphatic rings. The lowest BCUT2D eigenvalue weighted by Crippen LogP contribution is -2.22. The van der Waals surface area contributed by atoms with Gasteiger partial charge in [0.2, 0.25) is 9.84 Å². The van der Waals surface area contributed by atoms with E-state index in [2.05, 4.69) is 0 Å². The summed E-state index contributed by atoms with van der Waals surface area (Å²) in [6.45, 7) is 0. The quantitative estimate of drug-likeness (QED) is 0.743. The average molecular weight is 280 g/mol. The van der Waals surface area contributed by atoms with Gasteiger partial charge >= 0.3 is 0 Å². The Morgan fingerprint density at radius 3 is 2.44 bits per heavy atom. The fourth-order valence-corrected chi connectivity index (χ4v) is 4.05. The van der Waals surface area contributed by atoms with E-state index in [1.165, 1.54) is 0 Å². The van der Waals surface area contributed by atoms with Gasteiger partial charge in [0.05, 0.1) is 21.2 Å². The molecule has 0 aliphatic carbocycles. The molecule has 3 rings (SSSR count). The van der Waals surface area contributed by atoms with Crippen molar-refractivity contribution in [1.29, 1.82) is 0 Å². The highest BCUT2D eigenvalue weighted by atomic mass is 35.5. The van der Waals surface area contributed by atoms with Crippen LogP contribution in [0.15, 0.2) is 52.3 Å². The Morgan fingerprint density at radius 1 is 1.00 bits per heavy atom. The summed E-state index contributed by atoms with van der Waals surface area (Å²) in [6.07, 6.45) is 0. The second kappa shape index (κ2) is 3.73. The van der Waals surface area contributed by atoms with Gasteiger partial charge in [0.1, 0.15) is 0 Å². The van der Waals surface area contributed by atoms with Crippen molar-refractivity contribution in [2.45, 2.75) is 9.79 Å². The monoisotopic (exact) mass is 279 g/mol. The van der Waals surface area contributed by atoms with Gasteiger partial charge in [-0.1, -0.05) is 23.7 Å². The molecule has 0 unspecified atom stereocenters. The lowest BCUT2D eigenvalue weighted by molar-refractivity contribution is 0.594. The minimum atomic E-state index is -3.45. The summed E-state index contributed by atoms with van der Waals surface area (Å²) < 4.78 is 25.0. The predicted molar refractivity (Wildman–Crippen MR) is 71.4 cm³/mol. The summed E-state index contributed by atoms with van der Waals surface area (Å²) in [5, 5.41) is 0.523. The Labute approximate surface area is 111 Å². The SMILES string of the molecule is CN1c2ccccc2S(=O)(=O)c2ccc(Cl)cc21. The first-order valence-electron chi connectivity index (χ1n) is 5.39. The van der Waals surface area contributed by atoms with Crippen molar-refractivity contribution in [3.8, 4) is 0 Å². The number of anilines is 2. The molecule has 0 spiro atoms. The molecule has 0 aromatic heterocycles. The van der Waals surface area contributed by atoms with Gasteiger partial charge in [-0.25, -0.2) is 8.42 Å². The standard InChI is InChI=1S/C13H10ClNO2S/c1-15-10-4-2-3-5-12(10)18(16,17)13-7-6-9(14)8-11(13)15/h2-8H,1H3. The van der Waals surface area contributed by atoms with Crippen molar-refractivity contribution in [3.05, 3.63) is 47.5 Å². The highest BCUT2D eigenvalue weighted by Crippen LogP contribution is 2.43. The van der Waals surface area contributed by atoms with E-state index in [9.17, 15) is 8.42 Å². The van der Waals surface area contributed by atoms with E-state index in [0.717, 1.165) is 0 Å². The summed E-state index contributed by atoms with van der Waals surface area (Å²) in [5.74, 6) is 0. The van der Waals surface area contributed by atoms with Gasteiger partial charge in [-0.2, -0.15) is 0 Å². The summed E-state index contributed by atoms with van der Waals surface area (Å²) in [7, 11) is -1.62. The smallest absolute Gasteiger partial charge is 0.210 e. The van der Waals surface area contributed by atoms with Crippen LogP contribution in [0.2, 0.25) is 5.02 Å². The van der Waals surface area contributed by atoms with Crippen LogP contribution in [0.1, 0.15) is 0 Å². The summed E-state index contributed by atoms with van der Waals surface area (Å²) in [4.78, 5) is 2.48. The number of benzene rings is 2. The van der Waals surface area contributed by atoms with E-state index in [1.54, 1.807) is 36.4 Å². The van der Waals surface area contributed by atoms with Crippen LogP contribution < -0.4 is 4.90 Å². The molecule has 5 heteroatoms. The van der Waals surface area contributed by atoms with Gasteiger partial charge < -0.3 is 4.90 Å². The average Bonchev–Trinajstić information content (AvgIpc) is 2.36. The third-order valence-electron chi connectivity index (χ3n) is 3.09. The molecule has 2 aromatic rings. The number of sulfone groups is 1. The maximum atomic E-state index is 12.5. The molecule has 0 fully saturated rings. The van der Waals surface area contributed by atoms with Crippen molar-refractivity contribution >= 4 is 32.8 Å². The van der Waals surface area contributed by atoms with Crippen molar-refractivity contribution < 1.29 is 8.42 Å². The number of hydrogen-bond acceptors (Lipinski definition) is 3. The van der Waals surface area contributed by atoms with Crippen molar-refractivity contribution in [2.24, 2.45) is 0 Å². The van der Waals surface area contributed by atoms with Gasteiger partial charge in [-0.05, 0) is 30.3 Å². The molecule has 2 aromatic carbocycles. The molecule has 3 nitrogen and oxygen atoms in total. The largest absolute Gasteiger partial charge is 0.342 e. The number of fused-ring (bicyclic) bond motifs is 2. The van der Waals surface area contributed by atoms with Gasteiger partial charge in [-0.3, -0.25) is 0 Å². The van der Waals surface area contributed by atoms with Crippen LogP contribution in [0.5, 0.6) is 0 Å². The van der Waals surface area contributed by atoms with Gasteiger partial charge in [0.25, 0.3) is 0 Å². The normalized spacial score (nSPS) is 16.0. The Hall–Kier alpha value is -1.52. The molecule has 0 saturated carbocycles. The van der Waals surface area contributed by atoms with E-state index >= 15 is 0 Å². The molecule has 92 valence electrons. The fraction of sp³-hybridized carbons (Fsp3) is 0.0769. The van der Waals surface area contributed by atoms with Gasteiger partial charge in [0.15, 0.2) is 0 Å². The van der Waals surface area contributed by atoms with Crippen molar-refractivity contribution in [1.82, 2.24) is 0 Å². The van der Waals surface area contributed by atoms with E-state index in [-0.39, 0.29) is 0 Å². The lowest BCUT2D eigenvalue weighted by atomic mass is 10.2. The lowest BCUT2D eigenvalue weighted by Gasteiger charge is -2.29. The highest BCUT2D eigenvalue weighted by molar-refractivity contribution is 7.92. The van der Waals surface area contributed by atoms with Crippen LogP contribution >= 0.6 is 11.6 Å². The molecule has 0 atom stereocenters. The van der Waals surface area contributed by atoms with E-state index in [4.69, 9.17) is 11.6 Å². The molecule has 1 aliphatic heterocycles. The Morgan fingerprint density at radius 2 is 1.67 bits per heavy atom. The Balaban J connectivity index is 2.41. The zero-order valence-electron chi connectivity index (χ0n) is 9.59. The van der Waals surface area contributed by atoms with E-state index in [0.29, 0.717) is 26.2 Å². The summed E-state index contributed by atoms with van der Waals surface area (Å²) >= 11 is 5.94. The highest BCUT2D eigenvalue weighted by Gasteiger charge is 2.32. The van der Waals surface area contributed by atoms with Crippen molar-refractivity contribution in [3.63, 3.8) is 0 Å². The molecule has 0 radical (unpaired) electrons. The first kappa shape index (κ1) is 11.6. The molecule has 0 N–H and O–H groups in total. The molecular weight excluding hydrogens is 270 g/mol. The third kappa shape index (κ3) is 1.46. The van der Waals surface area contributed by atoms with E-state index < -0.39 is 9.84 Å². The fourth-order valence-electron chi connectivity index (χ4n) is 2.19. The molecule has 0 bridgehead atoms. The molecular formula is C13H10ClNO2S. The zero-order chi connectivity index (χ0) is 12.9. The second-order valence-corrected chi connectivity index (χ2v) is 6.47. The summed E-state index contributed by atoms with van der Waals surface area (Å²) in [6, 6.07) is 11.8. The van der Waals surface area contributed by atoms with Crippen LogP contribution in [-0.4, -0.2) is 15.5 Å². The van der Waals surface area contributed by atoms with Crippen LogP contribution in [0.3, 0.4) is 0 Å². The van der Waals surface area contributed by atoms with E-state index in [1.807, 2.05) is 18.0 Å². The second-order valence-electron chi connectivity index (χ2n) is 4.14. The van der Waals surface area contributed by atoms with Crippen molar-refractivity contribution in [2.75, 3.05) is 11.9 Å². The molecule has 18 heavy (non-hydrogen) atoms. The first-order chi connectivity index (χ1) is 8.51. The summed E-state index contributed by atoms with van der Waals surface area (Å²) in [5.41, 5.74) is 1.29. The predicted octanol–water partition coefficient (Wildman–Crippen LogP) is 3.25. The third-order valence-corrected chi connectivity index (χ3v) is 5.17. The topological polar surface area (TPSA) is 37.4 Å². The minimum Gasteiger partial charge on any atom is -0.342 e. The number of halogens is 1. The zero-order valence-corrected chi connectivity index (χ0v) is 11.2. The maximum Gasteiger partial charge on any atom is 0.210 e. The van der Waals surface area contributed by atoms with Crippen LogP contribution in [0.4, 0.5) is 11.4 Å². The molecule has 1 heterocycles. The number of nitrogens with zero attached hydrogens (tertiary/aromatic N) is 1. The Kier molecular flexibility index (Phi) is 2.40. The minimum absolute atomic E-state index is 0.299. The van der Waals surface area contributed by atoms with Crippen LogP contribution in [0.25, 0.3) is 0 Å². The van der Waals surface area contributed by atoms with Gasteiger partial charge in [-0.15, -0.1) is 0 Å². The van der Waals surface area contributed by atoms with Crippen LogP contribution in [0, 0.1) is 0 Å². The molecule has 0 saturated heterocycles. The Bertz CT molecular complexity index is 740. The van der Waals surface area contributed by atoms with Gasteiger partial charge in [0, 0.05) is 12.1 Å². The van der Waals surface area contributed by atoms with Crippen LogP contribution in [-0.2, 0) is 9.84 Å². The number of hydrogen-bond donors (Lipinski definition) is 0. The maximum absolute atomic E-state index is 12.5. The molecule has 0 amide bonds. The number of para-hydroxylation sites is 1. The first-order valence-corrected chi connectivity index (χ1v) is 7.25. The number of rotatable bonds is 0.